The molecule has 0 unspecified atom stereocenters. The van der Waals surface area contributed by atoms with E-state index in [0.717, 1.165) is 37.5 Å². The summed E-state index contributed by atoms with van der Waals surface area (Å²) in [6.45, 7) is 1.97. The van der Waals surface area contributed by atoms with E-state index in [9.17, 15) is 0 Å². The number of thioether (sulfide) groups is 1. The smallest absolute Gasteiger partial charge is 0.129 e. The summed E-state index contributed by atoms with van der Waals surface area (Å²) in [7, 11) is 0. The summed E-state index contributed by atoms with van der Waals surface area (Å²) < 4.78 is 0. The lowest BCUT2D eigenvalue weighted by atomic mass is 10.1. The van der Waals surface area contributed by atoms with Crippen molar-refractivity contribution in [3.05, 3.63) is 65.7 Å². The summed E-state index contributed by atoms with van der Waals surface area (Å²) in [5.74, 6) is 2.21. The summed E-state index contributed by atoms with van der Waals surface area (Å²) in [6, 6.07) is 19.3. The van der Waals surface area contributed by atoms with Gasteiger partial charge in [0.15, 0.2) is 0 Å². The van der Waals surface area contributed by atoms with Gasteiger partial charge in [0.1, 0.15) is 5.84 Å². The first-order valence-corrected chi connectivity index (χ1v) is 8.96. The molecule has 1 aliphatic rings. The average Bonchev–Trinajstić information content (AvgIpc) is 2.61. The first kappa shape index (κ1) is 15.2. The van der Waals surface area contributed by atoms with E-state index in [1.165, 1.54) is 22.4 Å². The minimum absolute atomic E-state index is 0.940. The molecule has 3 rings (SSSR count). The highest BCUT2D eigenvalue weighted by Crippen LogP contribution is 2.24. The van der Waals surface area contributed by atoms with Crippen LogP contribution in [0.3, 0.4) is 0 Å². The third kappa shape index (κ3) is 4.14. The van der Waals surface area contributed by atoms with Crippen LogP contribution in [0.15, 0.2) is 64.5 Å². The van der Waals surface area contributed by atoms with Crippen molar-refractivity contribution in [2.24, 2.45) is 4.99 Å². The second kappa shape index (κ2) is 8.04. The minimum atomic E-state index is 0.940. The van der Waals surface area contributed by atoms with Gasteiger partial charge in [-0.3, -0.25) is 4.99 Å². The van der Waals surface area contributed by atoms with Crippen molar-refractivity contribution < 1.29 is 0 Å². The number of benzene rings is 2. The Morgan fingerprint density at radius 1 is 1.00 bits per heavy atom. The predicted molar refractivity (Wildman–Crippen MR) is 96.0 cm³/mol. The van der Waals surface area contributed by atoms with E-state index in [1.54, 1.807) is 0 Å². The number of nitrogens with zero attached hydrogens (tertiary/aromatic N) is 1. The van der Waals surface area contributed by atoms with Crippen LogP contribution in [0.4, 0.5) is 0 Å². The Bertz CT molecular complexity index is 622. The SMILES string of the molecule is c1ccc(CCCSc2ccccc2C2=NCCCN2)cc1. The number of aliphatic imine (C=N–C) groups is 1. The fourth-order valence-electron chi connectivity index (χ4n) is 2.60. The molecule has 0 amide bonds. The number of hydrogen-bond donors (Lipinski definition) is 1. The zero-order valence-corrected chi connectivity index (χ0v) is 13.6. The molecule has 0 saturated heterocycles. The van der Waals surface area contributed by atoms with Crippen LogP contribution >= 0.6 is 11.8 Å². The van der Waals surface area contributed by atoms with Crippen molar-refractivity contribution in [3.63, 3.8) is 0 Å². The van der Waals surface area contributed by atoms with Crippen molar-refractivity contribution in [2.75, 3.05) is 18.8 Å². The number of amidine groups is 1. The second-order valence-electron chi connectivity index (χ2n) is 5.44. The summed E-state index contributed by atoms with van der Waals surface area (Å²) in [6.07, 6.45) is 3.48. The molecule has 0 spiro atoms. The van der Waals surface area contributed by atoms with Crippen LogP contribution in [0.5, 0.6) is 0 Å². The van der Waals surface area contributed by atoms with Gasteiger partial charge in [-0.25, -0.2) is 0 Å². The summed E-state index contributed by atoms with van der Waals surface area (Å²) >= 11 is 1.94. The van der Waals surface area contributed by atoms with Crippen LogP contribution in [-0.4, -0.2) is 24.7 Å². The Kier molecular flexibility index (Phi) is 5.54. The van der Waals surface area contributed by atoms with E-state index in [4.69, 9.17) is 0 Å². The minimum Gasteiger partial charge on any atom is -0.370 e. The molecule has 22 heavy (non-hydrogen) atoms. The maximum absolute atomic E-state index is 4.63. The molecule has 2 aromatic rings. The normalized spacial score (nSPS) is 14.3. The number of hydrogen-bond acceptors (Lipinski definition) is 3. The van der Waals surface area contributed by atoms with Gasteiger partial charge in [0.2, 0.25) is 0 Å². The molecule has 0 saturated carbocycles. The molecular weight excluding hydrogens is 288 g/mol. The number of nitrogens with one attached hydrogen (secondary N) is 1. The fraction of sp³-hybridized carbons (Fsp3) is 0.316. The summed E-state index contributed by atoms with van der Waals surface area (Å²) in [5, 5.41) is 3.43. The maximum Gasteiger partial charge on any atom is 0.129 e. The molecule has 1 N–H and O–H groups in total. The molecule has 2 aromatic carbocycles. The molecule has 0 aromatic heterocycles. The summed E-state index contributed by atoms with van der Waals surface area (Å²) in [4.78, 5) is 5.97. The molecule has 1 heterocycles. The van der Waals surface area contributed by atoms with E-state index in [0.29, 0.717) is 0 Å². The van der Waals surface area contributed by atoms with Gasteiger partial charge in [-0.05, 0) is 36.6 Å². The highest BCUT2D eigenvalue weighted by Gasteiger charge is 2.11. The Morgan fingerprint density at radius 2 is 1.82 bits per heavy atom. The van der Waals surface area contributed by atoms with Gasteiger partial charge < -0.3 is 5.32 Å². The lowest BCUT2D eigenvalue weighted by molar-refractivity contribution is 0.741. The second-order valence-corrected chi connectivity index (χ2v) is 6.58. The fourth-order valence-corrected chi connectivity index (χ4v) is 3.61. The van der Waals surface area contributed by atoms with Crippen molar-refractivity contribution in [3.8, 4) is 0 Å². The molecule has 3 heteroatoms. The van der Waals surface area contributed by atoms with Gasteiger partial charge in [0.05, 0.1) is 0 Å². The largest absolute Gasteiger partial charge is 0.370 e. The first-order chi connectivity index (χ1) is 10.9. The highest BCUT2D eigenvalue weighted by molar-refractivity contribution is 7.99. The van der Waals surface area contributed by atoms with Gasteiger partial charge in [-0.15, -0.1) is 11.8 Å². The average molecular weight is 310 g/mol. The third-order valence-electron chi connectivity index (χ3n) is 3.75. The molecule has 0 atom stereocenters. The Balaban J connectivity index is 1.57. The third-order valence-corrected chi connectivity index (χ3v) is 4.91. The summed E-state index contributed by atoms with van der Waals surface area (Å²) in [5.41, 5.74) is 2.68. The predicted octanol–water partition coefficient (Wildman–Crippen LogP) is 4.15. The topological polar surface area (TPSA) is 24.4 Å². The van der Waals surface area contributed by atoms with Crippen molar-refractivity contribution in [1.82, 2.24) is 5.32 Å². The van der Waals surface area contributed by atoms with Gasteiger partial charge in [0.25, 0.3) is 0 Å². The van der Waals surface area contributed by atoms with E-state index in [-0.39, 0.29) is 0 Å². The molecule has 2 nitrogen and oxygen atoms in total. The molecule has 114 valence electrons. The van der Waals surface area contributed by atoms with Gasteiger partial charge in [-0.2, -0.15) is 0 Å². The molecule has 0 radical (unpaired) electrons. The standard InChI is InChI=1S/C19H22N2S/c1-2-8-16(9-3-1)10-6-15-22-18-12-5-4-11-17(18)19-20-13-7-14-21-19/h1-5,8-9,11-12H,6-7,10,13-15H2,(H,20,21). The van der Waals surface area contributed by atoms with E-state index in [1.807, 2.05) is 11.8 Å². The Hall–Kier alpha value is -1.74. The number of rotatable bonds is 6. The lowest BCUT2D eigenvalue weighted by Crippen LogP contribution is -2.30. The first-order valence-electron chi connectivity index (χ1n) is 7.98. The van der Waals surface area contributed by atoms with Gasteiger partial charge >= 0.3 is 0 Å². The highest BCUT2D eigenvalue weighted by atomic mass is 32.2. The van der Waals surface area contributed by atoms with Crippen molar-refractivity contribution >= 4 is 17.6 Å². The molecule has 1 aliphatic heterocycles. The van der Waals surface area contributed by atoms with E-state index in [2.05, 4.69) is 64.9 Å². The van der Waals surface area contributed by atoms with Gasteiger partial charge in [0, 0.05) is 23.5 Å². The Labute approximate surface area is 137 Å². The van der Waals surface area contributed by atoms with Crippen LogP contribution in [-0.2, 0) is 6.42 Å². The monoisotopic (exact) mass is 310 g/mol. The Morgan fingerprint density at radius 3 is 2.64 bits per heavy atom. The van der Waals surface area contributed by atoms with Crippen molar-refractivity contribution in [2.45, 2.75) is 24.2 Å². The molecule has 0 aliphatic carbocycles. The quantitative estimate of drug-likeness (QED) is 0.640. The van der Waals surface area contributed by atoms with Crippen LogP contribution < -0.4 is 5.32 Å². The van der Waals surface area contributed by atoms with Crippen LogP contribution in [0.25, 0.3) is 0 Å². The molecule has 0 fully saturated rings. The van der Waals surface area contributed by atoms with E-state index < -0.39 is 0 Å². The van der Waals surface area contributed by atoms with Crippen LogP contribution in [0.2, 0.25) is 0 Å². The van der Waals surface area contributed by atoms with E-state index >= 15 is 0 Å². The molecular formula is C19H22N2S. The van der Waals surface area contributed by atoms with Gasteiger partial charge in [-0.1, -0.05) is 48.5 Å². The van der Waals surface area contributed by atoms with Crippen LogP contribution in [0, 0.1) is 0 Å². The lowest BCUT2D eigenvalue weighted by Gasteiger charge is -2.17. The zero-order chi connectivity index (χ0) is 15.0. The molecule has 0 bridgehead atoms. The maximum atomic E-state index is 4.63. The number of aryl methyl sites for hydroxylation is 1. The van der Waals surface area contributed by atoms with Crippen LogP contribution in [0.1, 0.15) is 24.0 Å². The zero-order valence-electron chi connectivity index (χ0n) is 12.8. The van der Waals surface area contributed by atoms with Crippen molar-refractivity contribution in [1.29, 1.82) is 0 Å².